The van der Waals surface area contributed by atoms with E-state index in [-0.39, 0.29) is 5.12 Å². The van der Waals surface area contributed by atoms with Crippen molar-refractivity contribution in [1.29, 1.82) is 0 Å². The first-order valence-electron chi connectivity index (χ1n) is 5.67. The van der Waals surface area contributed by atoms with Gasteiger partial charge in [0.2, 0.25) is 5.12 Å². The van der Waals surface area contributed by atoms with Crippen LogP contribution in [0, 0.1) is 0 Å². The van der Waals surface area contributed by atoms with E-state index in [4.69, 9.17) is 0 Å². The van der Waals surface area contributed by atoms with Gasteiger partial charge in [0.25, 0.3) is 0 Å². The summed E-state index contributed by atoms with van der Waals surface area (Å²) in [6, 6.07) is 9.55. The summed E-state index contributed by atoms with van der Waals surface area (Å²) in [6.07, 6.45) is 4.88. The average molecular weight is 299 g/mol. The van der Waals surface area contributed by atoms with Gasteiger partial charge in [-0.3, -0.25) is 4.79 Å². The van der Waals surface area contributed by atoms with Crippen LogP contribution < -0.4 is 0 Å². The molecule has 1 saturated carbocycles. The molecular weight excluding hydrogens is 284 g/mol. The van der Waals surface area contributed by atoms with Crippen LogP contribution in [-0.2, 0) is 0 Å². The SMILES string of the molecule is O=C(S[C@H]1CCCC[C@@H]1Br)c1ccccc1. The lowest BCUT2D eigenvalue weighted by Gasteiger charge is -2.25. The van der Waals surface area contributed by atoms with Crippen molar-refractivity contribution in [1.82, 2.24) is 0 Å². The summed E-state index contributed by atoms with van der Waals surface area (Å²) in [6.45, 7) is 0. The van der Waals surface area contributed by atoms with Crippen LogP contribution in [0.4, 0.5) is 0 Å². The van der Waals surface area contributed by atoms with Gasteiger partial charge in [-0.15, -0.1) is 0 Å². The molecule has 0 aliphatic heterocycles. The zero-order chi connectivity index (χ0) is 11.4. The highest BCUT2D eigenvalue weighted by Crippen LogP contribution is 2.34. The third-order valence-electron chi connectivity index (χ3n) is 2.89. The highest BCUT2D eigenvalue weighted by molar-refractivity contribution is 9.09. The molecule has 86 valence electrons. The van der Waals surface area contributed by atoms with Crippen molar-refractivity contribution in [3.8, 4) is 0 Å². The van der Waals surface area contributed by atoms with Gasteiger partial charge in [0.15, 0.2) is 0 Å². The second kappa shape index (κ2) is 5.87. The molecule has 0 bridgehead atoms. The van der Waals surface area contributed by atoms with Crippen molar-refractivity contribution in [2.75, 3.05) is 0 Å². The topological polar surface area (TPSA) is 17.1 Å². The zero-order valence-electron chi connectivity index (χ0n) is 9.06. The number of thioether (sulfide) groups is 1. The number of hydrogen-bond donors (Lipinski definition) is 0. The first kappa shape index (κ1) is 12.2. The van der Waals surface area contributed by atoms with Crippen LogP contribution in [0.2, 0.25) is 0 Å². The van der Waals surface area contributed by atoms with Crippen molar-refractivity contribution in [2.45, 2.75) is 35.8 Å². The molecule has 3 heteroatoms. The summed E-state index contributed by atoms with van der Waals surface area (Å²) in [5.41, 5.74) is 0.817. The molecule has 0 spiro atoms. The number of hydrogen-bond acceptors (Lipinski definition) is 2. The molecule has 0 heterocycles. The summed E-state index contributed by atoms with van der Waals surface area (Å²) in [5.74, 6) is 0. The van der Waals surface area contributed by atoms with Gasteiger partial charge < -0.3 is 0 Å². The molecule has 1 nitrogen and oxygen atoms in total. The van der Waals surface area contributed by atoms with E-state index in [2.05, 4.69) is 15.9 Å². The number of benzene rings is 1. The summed E-state index contributed by atoms with van der Waals surface area (Å²) >= 11 is 5.18. The van der Waals surface area contributed by atoms with Gasteiger partial charge >= 0.3 is 0 Å². The molecule has 0 radical (unpaired) electrons. The summed E-state index contributed by atoms with van der Waals surface area (Å²) in [5, 5.41) is 0.651. The van der Waals surface area contributed by atoms with Crippen LogP contribution in [0.15, 0.2) is 30.3 Å². The van der Waals surface area contributed by atoms with Gasteiger partial charge in [-0.2, -0.15) is 0 Å². The second-order valence-electron chi connectivity index (χ2n) is 4.11. The van der Waals surface area contributed by atoms with Crippen molar-refractivity contribution < 1.29 is 4.79 Å². The van der Waals surface area contributed by atoms with Crippen molar-refractivity contribution in [2.24, 2.45) is 0 Å². The van der Waals surface area contributed by atoms with E-state index in [9.17, 15) is 4.79 Å². The molecule has 1 aromatic carbocycles. The lowest BCUT2D eigenvalue weighted by atomic mass is 10.0. The van der Waals surface area contributed by atoms with E-state index in [1.54, 1.807) is 0 Å². The minimum atomic E-state index is 0.206. The third kappa shape index (κ3) is 3.11. The maximum absolute atomic E-state index is 12.0. The van der Waals surface area contributed by atoms with Crippen LogP contribution in [0.3, 0.4) is 0 Å². The van der Waals surface area contributed by atoms with E-state index in [1.807, 2.05) is 30.3 Å². The highest BCUT2D eigenvalue weighted by Gasteiger charge is 2.25. The zero-order valence-corrected chi connectivity index (χ0v) is 11.5. The van der Waals surface area contributed by atoms with Crippen LogP contribution in [0.5, 0.6) is 0 Å². The molecule has 1 fully saturated rings. The van der Waals surface area contributed by atoms with E-state index in [0.717, 1.165) is 12.0 Å². The number of carbonyl (C=O) groups is 1. The molecule has 0 N–H and O–H groups in total. The molecule has 1 aromatic rings. The Hall–Kier alpha value is -0.280. The van der Waals surface area contributed by atoms with Crippen molar-refractivity contribution in [3.05, 3.63) is 35.9 Å². The predicted molar refractivity (Wildman–Crippen MR) is 73.3 cm³/mol. The average Bonchev–Trinajstić information content (AvgIpc) is 2.33. The quantitative estimate of drug-likeness (QED) is 0.759. The van der Waals surface area contributed by atoms with E-state index in [1.165, 1.54) is 31.0 Å². The molecule has 0 amide bonds. The first-order chi connectivity index (χ1) is 7.77. The van der Waals surface area contributed by atoms with Gasteiger partial charge in [0, 0.05) is 15.6 Å². The number of carbonyl (C=O) groups excluding carboxylic acids is 1. The van der Waals surface area contributed by atoms with Crippen molar-refractivity contribution in [3.63, 3.8) is 0 Å². The van der Waals surface area contributed by atoms with Gasteiger partial charge in [0.1, 0.15) is 0 Å². The molecule has 0 saturated heterocycles. The van der Waals surface area contributed by atoms with Crippen LogP contribution in [0.1, 0.15) is 36.0 Å². The minimum Gasteiger partial charge on any atom is -0.282 e. The Morgan fingerprint density at radius 3 is 2.56 bits per heavy atom. The summed E-state index contributed by atoms with van der Waals surface area (Å²) in [7, 11) is 0. The lowest BCUT2D eigenvalue weighted by molar-refractivity contribution is 0.108. The van der Waals surface area contributed by atoms with Crippen LogP contribution in [0.25, 0.3) is 0 Å². The Kier molecular flexibility index (Phi) is 4.47. The van der Waals surface area contributed by atoms with Gasteiger partial charge in [0.05, 0.1) is 0 Å². The largest absolute Gasteiger partial charge is 0.282 e. The number of halogens is 1. The third-order valence-corrected chi connectivity index (χ3v) is 5.65. The molecule has 1 aliphatic carbocycles. The second-order valence-corrected chi connectivity index (χ2v) is 6.50. The molecule has 2 rings (SSSR count). The normalized spacial score (nSPS) is 25.3. The lowest BCUT2D eigenvalue weighted by Crippen LogP contribution is -2.23. The van der Waals surface area contributed by atoms with Crippen LogP contribution in [-0.4, -0.2) is 15.2 Å². The minimum absolute atomic E-state index is 0.206. The fraction of sp³-hybridized carbons (Fsp3) is 0.462. The van der Waals surface area contributed by atoms with Gasteiger partial charge in [-0.05, 0) is 12.8 Å². The van der Waals surface area contributed by atoms with E-state index < -0.39 is 0 Å². The van der Waals surface area contributed by atoms with Gasteiger partial charge in [-0.1, -0.05) is 70.9 Å². The molecule has 0 unspecified atom stereocenters. The monoisotopic (exact) mass is 298 g/mol. The summed E-state index contributed by atoms with van der Waals surface area (Å²) in [4.78, 5) is 12.5. The maximum atomic E-state index is 12.0. The Labute approximate surface area is 109 Å². The highest BCUT2D eigenvalue weighted by atomic mass is 79.9. The Balaban J connectivity index is 1.96. The summed E-state index contributed by atoms with van der Waals surface area (Å²) < 4.78 is 0. The van der Waals surface area contributed by atoms with Crippen LogP contribution >= 0.6 is 27.7 Å². The van der Waals surface area contributed by atoms with E-state index >= 15 is 0 Å². The standard InChI is InChI=1S/C13H15BrOS/c14-11-8-4-5-9-12(11)16-13(15)10-6-2-1-3-7-10/h1-3,6-7,11-12H,4-5,8-9H2/t11-,12-/m0/s1. The predicted octanol–water partition coefficient (Wildman–Crippen LogP) is 4.27. The first-order valence-corrected chi connectivity index (χ1v) is 7.47. The Bertz CT molecular complexity index is 352. The van der Waals surface area contributed by atoms with Crippen molar-refractivity contribution >= 4 is 32.8 Å². The molecule has 2 atom stereocenters. The molecular formula is C13H15BrOS. The Morgan fingerprint density at radius 1 is 1.19 bits per heavy atom. The van der Waals surface area contributed by atoms with Gasteiger partial charge in [-0.25, -0.2) is 0 Å². The smallest absolute Gasteiger partial charge is 0.219 e. The fourth-order valence-electron chi connectivity index (χ4n) is 1.96. The fourth-order valence-corrected chi connectivity index (χ4v) is 3.99. The van der Waals surface area contributed by atoms with E-state index in [0.29, 0.717) is 10.1 Å². The maximum Gasteiger partial charge on any atom is 0.219 e. The molecule has 16 heavy (non-hydrogen) atoms. The number of rotatable bonds is 2. The number of alkyl halides is 1. The Morgan fingerprint density at radius 2 is 1.88 bits per heavy atom. The molecule has 0 aromatic heterocycles. The molecule has 1 aliphatic rings.